The van der Waals surface area contributed by atoms with E-state index in [9.17, 15) is 13.6 Å². The minimum absolute atomic E-state index is 0.0857. The molecule has 0 spiro atoms. The molecular weight excluding hydrogens is 326 g/mol. The van der Waals surface area contributed by atoms with Crippen molar-refractivity contribution in [1.82, 2.24) is 4.90 Å². The fraction of sp³-hybridized carbons (Fsp3) is 0.316. The second kappa shape index (κ2) is 6.80. The Bertz CT molecular complexity index is 810. The van der Waals surface area contributed by atoms with Crippen LogP contribution in [0.5, 0.6) is 5.75 Å². The van der Waals surface area contributed by atoms with E-state index in [2.05, 4.69) is 0 Å². The molecule has 0 radical (unpaired) electrons. The molecule has 2 aromatic rings. The first-order chi connectivity index (χ1) is 11.9. The van der Waals surface area contributed by atoms with Crippen molar-refractivity contribution in [2.24, 2.45) is 5.73 Å². The third-order valence-corrected chi connectivity index (χ3v) is 4.68. The number of hydrogen-bond donors (Lipinski definition) is 1. The molecule has 6 heteroatoms. The minimum atomic E-state index is -1.11. The number of nitrogens with two attached hydrogens (primary N) is 1. The zero-order valence-corrected chi connectivity index (χ0v) is 14.1. The number of carbonyl (C=O) groups is 1. The smallest absolute Gasteiger partial charge is 0.257 e. The van der Waals surface area contributed by atoms with Crippen LogP contribution in [0.15, 0.2) is 36.4 Å². The third-order valence-electron chi connectivity index (χ3n) is 4.68. The van der Waals surface area contributed by atoms with Crippen LogP contribution in [0.1, 0.15) is 27.4 Å². The van der Waals surface area contributed by atoms with Gasteiger partial charge in [-0.05, 0) is 36.2 Å². The van der Waals surface area contributed by atoms with Crippen LogP contribution >= 0.6 is 0 Å². The molecule has 4 nitrogen and oxygen atoms in total. The Morgan fingerprint density at radius 3 is 2.68 bits per heavy atom. The van der Waals surface area contributed by atoms with Gasteiger partial charge in [0.2, 0.25) is 0 Å². The van der Waals surface area contributed by atoms with E-state index in [0.29, 0.717) is 12.3 Å². The summed E-state index contributed by atoms with van der Waals surface area (Å²) in [4.78, 5) is 14.1. The summed E-state index contributed by atoms with van der Waals surface area (Å²) in [7, 11) is 1.58. The Balaban J connectivity index is 1.83. The number of halogens is 2. The molecule has 0 aromatic heterocycles. The van der Waals surface area contributed by atoms with Crippen LogP contribution in [0.25, 0.3) is 0 Å². The summed E-state index contributed by atoms with van der Waals surface area (Å²) >= 11 is 0. The highest BCUT2D eigenvalue weighted by Crippen LogP contribution is 2.30. The number of amides is 1. The lowest BCUT2D eigenvalue weighted by molar-refractivity contribution is 0.0783. The molecule has 1 amide bonds. The lowest BCUT2D eigenvalue weighted by Crippen LogP contribution is -2.32. The Hall–Kier alpha value is -2.47. The SMILES string of the molecule is COc1cccc([C@H]2CN(C(=O)c3ccc(C)c(F)c3F)C[C@@H]2N)c1. The van der Waals surface area contributed by atoms with E-state index in [-0.39, 0.29) is 29.6 Å². The number of methoxy groups -OCH3 is 1. The first-order valence-electron chi connectivity index (χ1n) is 8.05. The minimum Gasteiger partial charge on any atom is -0.497 e. The van der Waals surface area contributed by atoms with Crippen molar-refractivity contribution in [2.45, 2.75) is 18.9 Å². The van der Waals surface area contributed by atoms with Gasteiger partial charge in [0.05, 0.1) is 12.7 Å². The number of ether oxygens (including phenoxy) is 1. The van der Waals surface area contributed by atoms with Crippen molar-refractivity contribution in [1.29, 1.82) is 0 Å². The first kappa shape index (κ1) is 17.4. The van der Waals surface area contributed by atoms with Crippen LogP contribution in [0, 0.1) is 18.6 Å². The molecule has 1 heterocycles. The predicted octanol–water partition coefficient (Wildman–Crippen LogP) is 2.85. The van der Waals surface area contributed by atoms with Crippen molar-refractivity contribution >= 4 is 5.91 Å². The monoisotopic (exact) mass is 346 g/mol. The lowest BCUT2D eigenvalue weighted by Gasteiger charge is -2.17. The second-order valence-corrected chi connectivity index (χ2v) is 6.32. The van der Waals surface area contributed by atoms with E-state index in [1.54, 1.807) is 7.11 Å². The van der Waals surface area contributed by atoms with Crippen molar-refractivity contribution < 1.29 is 18.3 Å². The fourth-order valence-corrected chi connectivity index (χ4v) is 3.20. The summed E-state index contributed by atoms with van der Waals surface area (Å²) in [6, 6.07) is 9.94. The number of carbonyl (C=O) groups excluding carboxylic acids is 1. The molecule has 2 atom stereocenters. The molecule has 1 aliphatic rings. The Morgan fingerprint density at radius 1 is 1.20 bits per heavy atom. The molecule has 1 fully saturated rings. The molecule has 0 aliphatic carbocycles. The van der Waals surface area contributed by atoms with Gasteiger partial charge in [-0.1, -0.05) is 18.2 Å². The second-order valence-electron chi connectivity index (χ2n) is 6.32. The van der Waals surface area contributed by atoms with Gasteiger partial charge in [-0.15, -0.1) is 0 Å². The van der Waals surface area contributed by atoms with Crippen molar-refractivity contribution in [3.05, 3.63) is 64.7 Å². The van der Waals surface area contributed by atoms with E-state index in [1.807, 2.05) is 24.3 Å². The number of hydrogen-bond acceptors (Lipinski definition) is 3. The van der Waals surface area contributed by atoms with E-state index in [0.717, 1.165) is 5.56 Å². The van der Waals surface area contributed by atoms with Gasteiger partial charge in [0.15, 0.2) is 11.6 Å². The normalized spacial score (nSPS) is 20.0. The average Bonchev–Trinajstić information content (AvgIpc) is 3.01. The molecule has 1 aliphatic heterocycles. The molecule has 0 bridgehead atoms. The van der Waals surface area contributed by atoms with Crippen LogP contribution < -0.4 is 10.5 Å². The van der Waals surface area contributed by atoms with Gasteiger partial charge in [-0.3, -0.25) is 4.79 Å². The molecule has 2 N–H and O–H groups in total. The van der Waals surface area contributed by atoms with Crippen LogP contribution in [0.4, 0.5) is 8.78 Å². The van der Waals surface area contributed by atoms with E-state index in [4.69, 9.17) is 10.5 Å². The number of likely N-dealkylation sites (tertiary alicyclic amines) is 1. The lowest BCUT2D eigenvalue weighted by atomic mass is 9.95. The standard InChI is InChI=1S/C19H20F2N2O2/c1-11-6-7-14(18(21)17(11)20)19(24)23-9-15(16(22)10-23)12-4-3-5-13(8-12)25-2/h3-8,15-16H,9-10,22H2,1-2H3/t15-,16+/m1/s1. The average molecular weight is 346 g/mol. The van der Waals surface area contributed by atoms with Crippen molar-refractivity contribution in [3.8, 4) is 5.75 Å². The topological polar surface area (TPSA) is 55.6 Å². The van der Waals surface area contributed by atoms with Crippen molar-refractivity contribution in [3.63, 3.8) is 0 Å². The van der Waals surface area contributed by atoms with Crippen LogP contribution in [0.3, 0.4) is 0 Å². The van der Waals surface area contributed by atoms with Gasteiger partial charge in [-0.25, -0.2) is 8.78 Å². The van der Waals surface area contributed by atoms with Gasteiger partial charge in [0, 0.05) is 25.0 Å². The quantitative estimate of drug-likeness (QED) is 0.930. The van der Waals surface area contributed by atoms with Gasteiger partial charge < -0.3 is 15.4 Å². The largest absolute Gasteiger partial charge is 0.497 e. The zero-order valence-electron chi connectivity index (χ0n) is 14.1. The van der Waals surface area contributed by atoms with Crippen LogP contribution in [-0.2, 0) is 0 Å². The summed E-state index contributed by atoms with van der Waals surface area (Å²) < 4.78 is 33.1. The van der Waals surface area contributed by atoms with Crippen molar-refractivity contribution in [2.75, 3.05) is 20.2 Å². The molecule has 1 saturated heterocycles. The summed E-state index contributed by atoms with van der Waals surface area (Å²) in [5.74, 6) is -2.02. The summed E-state index contributed by atoms with van der Waals surface area (Å²) in [5, 5.41) is 0. The third kappa shape index (κ3) is 3.22. The van der Waals surface area contributed by atoms with Gasteiger partial charge >= 0.3 is 0 Å². The van der Waals surface area contributed by atoms with Crippen LogP contribution in [0.2, 0.25) is 0 Å². The van der Waals surface area contributed by atoms with Gasteiger partial charge in [0.25, 0.3) is 5.91 Å². The molecule has 3 rings (SSSR count). The Kier molecular flexibility index (Phi) is 4.72. The van der Waals surface area contributed by atoms with E-state index in [1.165, 1.54) is 24.0 Å². The number of benzene rings is 2. The summed E-state index contributed by atoms with van der Waals surface area (Å²) in [5.41, 5.74) is 7.06. The van der Waals surface area contributed by atoms with E-state index < -0.39 is 17.5 Å². The molecule has 25 heavy (non-hydrogen) atoms. The molecule has 132 valence electrons. The number of rotatable bonds is 3. The maximum absolute atomic E-state index is 14.1. The van der Waals surface area contributed by atoms with Gasteiger partial charge in [-0.2, -0.15) is 0 Å². The van der Waals surface area contributed by atoms with Crippen LogP contribution in [-0.4, -0.2) is 37.0 Å². The fourth-order valence-electron chi connectivity index (χ4n) is 3.20. The van der Waals surface area contributed by atoms with E-state index >= 15 is 0 Å². The maximum atomic E-state index is 14.1. The highest BCUT2D eigenvalue weighted by atomic mass is 19.2. The molecule has 0 unspecified atom stereocenters. The summed E-state index contributed by atoms with van der Waals surface area (Å²) in [6.45, 7) is 2.09. The number of nitrogens with zero attached hydrogens (tertiary/aromatic N) is 1. The zero-order chi connectivity index (χ0) is 18.1. The molecule has 2 aromatic carbocycles. The van der Waals surface area contributed by atoms with Gasteiger partial charge in [0.1, 0.15) is 5.75 Å². The molecule has 0 saturated carbocycles. The first-order valence-corrected chi connectivity index (χ1v) is 8.05. The number of aryl methyl sites for hydroxylation is 1. The maximum Gasteiger partial charge on any atom is 0.257 e. The predicted molar refractivity (Wildman–Crippen MR) is 90.7 cm³/mol. The highest BCUT2D eigenvalue weighted by molar-refractivity contribution is 5.95. The Morgan fingerprint density at radius 2 is 1.96 bits per heavy atom. The highest BCUT2D eigenvalue weighted by Gasteiger charge is 2.35. The Labute approximate surface area is 145 Å². The summed E-state index contributed by atoms with van der Waals surface area (Å²) in [6.07, 6.45) is 0. The molecular formula is C19H20F2N2O2.